The lowest BCUT2D eigenvalue weighted by atomic mass is 9.65. The van der Waals surface area contributed by atoms with Crippen LogP contribution in [0.3, 0.4) is 0 Å². The van der Waals surface area contributed by atoms with Crippen molar-refractivity contribution < 1.29 is 4.79 Å². The van der Waals surface area contributed by atoms with Crippen molar-refractivity contribution in [1.29, 1.82) is 0 Å². The van der Waals surface area contributed by atoms with E-state index < -0.39 is 0 Å². The lowest BCUT2D eigenvalue weighted by molar-refractivity contribution is -0.122. The van der Waals surface area contributed by atoms with Gasteiger partial charge in [-0.2, -0.15) is 0 Å². The average Bonchev–Trinajstić information content (AvgIpc) is 2.42. The molecule has 0 radical (unpaired) electrons. The number of halogens is 1. The Hall–Kier alpha value is -1.06. The van der Waals surface area contributed by atoms with E-state index in [2.05, 4.69) is 30.4 Å². The number of nitrogens with one attached hydrogen (secondary N) is 1. The summed E-state index contributed by atoms with van der Waals surface area (Å²) in [5.74, 6) is 1.42. The molecule has 22 heavy (non-hydrogen) atoms. The van der Waals surface area contributed by atoms with Crippen molar-refractivity contribution in [3.63, 3.8) is 0 Å². The van der Waals surface area contributed by atoms with Gasteiger partial charge in [-0.1, -0.05) is 18.6 Å². The Bertz CT molecular complexity index is 532. The molecule has 1 aromatic carbocycles. The summed E-state index contributed by atoms with van der Waals surface area (Å²) in [5, 5.41) is 3.15. The largest absolute Gasteiger partial charge is 0.327 e. The minimum atomic E-state index is 0. The monoisotopic (exact) mass is 322 g/mol. The number of amides is 1. The number of benzene rings is 1. The second-order valence-corrected chi connectivity index (χ2v) is 7.00. The van der Waals surface area contributed by atoms with Gasteiger partial charge in [-0.15, -0.1) is 12.4 Å². The van der Waals surface area contributed by atoms with Crippen LogP contribution in [0.2, 0.25) is 0 Å². The van der Waals surface area contributed by atoms with Crippen molar-refractivity contribution >= 4 is 24.0 Å². The molecular weight excluding hydrogens is 296 g/mol. The molecule has 2 unspecified atom stereocenters. The first-order valence-electron chi connectivity index (χ1n) is 8.18. The Morgan fingerprint density at radius 2 is 1.82 bits per heavy atom. The average molecular weight is 323 g/mol. The van der Waals surface area contributed by atoms with Gasteiger partial charge in [0.05, 0.1) is 0 Å². The van der Waals surface area contributed by atoms with Gasteiger partial charge in [-0.05, 0) is 68.6 Å². The molecule has 0 aliphatic heterocycles. The molecule has 2 atom stereocenters. The number of carbonyl (C=O) groups is 1. The first kappa shape index (κ1) is 17.3. The van der Waals surface area contributed by atoms with E-state index in [1.165, 1.54) is 24.8 Å². The molecule has 2 fully saturated rings. The van der Waals surface area contributed by atoms with E-state index in [0.29, 0.717) is 17.9 Å². The Kier molecular flexibility index (Phi) is 5.51. The topological polar surface area (TPSA) is 55.1 Å². The van der Waals surface area contributed by atoms with Crippen molar-refractivity contribution in [3.8, 4) is 0 Å². The van der Waals surface area contributed by atoms with E-state index in [4.69, 9.17) is 5.73 Å². The highest BCUT2D eigenvalue weighted by Crippen LogP contribution is 2.42. The third-order valence-electron chi connectivity index (χ3n) is 5.43. The lowest BCUT2D eigenvalue weighted by Crippen LogP contribution is -2.48. The molecule has 2 aliphatic carbocycles. The fraction of sp³-hybridized carbons (Fsp3) is 0.611. The first-order valence-corrected chi connectivity index (χ1v) is 8.18. The minimum absolute atomic E-state index is 0. The van der Waals surface area contributed by atoms with E-state index >= 15 is 0 Å². The Balaban J connectivity index is 0.00000176. The van der Waals surface area contributed by atoms with Crippen molar-refractivity contribution in [2.24, 2.45) is 23.5 Å². The summed E-state index contributed by atoms with van der Waals surface area (Å²) < 4.78 is 0. The normalized spacial score (nSPS) is 30.3. The molecule has 3 N–H and O–H groups in total. The molecule has 2 bridgehead atoms. The first-order chi connectivity index (χ1) is 10.0. The van der Waals surface area contributed by atoms with E-state index in [1.54, 1.807) is 0 Å². The van der Waals surface area contributed by atoms with Crippen LogP contribution in [0, 0.1) is 31.6 Å². The maximum absolute atomic E-state index is 12.6. The number of hydrogen-bond donors (Lipinski definition) is 2. The van der Waals surface area contributed by atoms with Crippen LogP contribution in [-0.4, -0.2) is 11.9 Å². The van der Waals surface area contributed by atoms with Crippen molar-refractivity contribution in [2.45, 2.75) is 52.0 Å². The molecule has 0 saturated heterocycles. The van der Waals surface area contributed by atoms with Crippen LogP contribution < -0.4 is 11.1 Å². The SMILES string of the molecule is Cc1ccc(C)c(NC(=O)C2CC3CCCC(C2)C3N)c1.Cl. The quantitative estimate of drug-likeness (QED) is 0.869. The molecule has 0 heterocycles. The predicted molar refractivity (Wildman–Crippen MR) is 93.3 cm³/mol. The number of anilines is 1. The predicted octanol–water partition coefficient (Wildman–Crippen LogP) is 3.82. The number of carbonyl (C=O) groups excluding carboxylic acids is 1. The van der Waals surface area contributed by atoms with Crippen LogP contribution >= 0.6 is 12.4 Å². The fourth-order valence-electron chi connectivity index (χ4n) is 4.11. The van der Waals surface area contributed by atoms with Crippen molar-refractivity contribution in [2.75, 3.05) is 5.32 Å². The van der Waals surface area contributed by atoms with Gasteiger partial charge >= 0.3 is 0 Å². The van der Waals surface area contributed by atoms with Gasteiger partial charge in [0.2, 0.25) is 5.91 Å². The zero-order valence-corrected chi connectivity index (χ0v) is 14.3. The van der Waals surface area contributed by atoms with Crippen LogP contribution in [0.25, 0.3) is 0 Å². The highest BCUT2D eigenvalue weighted by molar-refractivity contribution is 5.93. The zero-order valence-electron chi connectivity index (χ0n) is 13.5. The molecule has 2 aliphatic rings. The minimum Gasteiger partial charge on any atom is -0.327 e. The summed E-state index contributed by atoms with van der Waals surface area (Å²) in [6, 6.07) is 6.53. The van der Waals surface area contributed by atoms with Crippen LogP contribution in [-0.2, 0) is 4.79 Å². The number of rotatable bonds is 2. The standard InChI is InChI=1S/C18H26N2O.ClH/c1-11-6-7-12(2)16(8-11)20-18(21)15-9-13-4-3-5-14(10-15)17(13)19;/h6-8,13-15,17H,3-5,9-10,19H2,1-2H3,(H,20,21);1H. The van der Waals surface area contributed by atoms with Gasteiger partial charge < -0.3 is 11.1 Å². The van der Waals surface area contributed by atoms with Crippen molar-refractivity contribution in [1.82, 2.24) is 0 Å². The van der Waals surface area contributed by atoms with Gasteiger partial charge in [0.25, 0.3) is 0 Å². The second kappa shape index (κ2) is 7.01. The molecule has 2 saturated carbocycles. The smallest absolute Gasteiger partial charge is 0.227 e. The Labute approximate surface area is 139 Å². The maximum Gasteiger partial charge on any atom is 0.227 e. The molecular formula is C18H27ClN2O. The van der Waals surface area contributed by atoms with E-state index in [9.17, 15) is 4.79 Å². The van der Waals surface area contributed by atoms with Crippen LogP contribution in [0.5, 0.6) is 0 Å². The zero-order chi connectivity index (χ0) is 15.0. The molecule has 3 rings (SSSR count). The van der Waals surface area contributed by atoms with Gasteiger partial charge in [0, 0.05) is 17.6 Å². The molecule has 3 nitrogen and oxygen atoms in total. The summed E-state index contributed by atoms with van der Waals surface area (Å²) in [7, 11) is 0. The van der Waals surface area contributed by atoms with Crippen molar-refractivity contribution in [3.05, 3.63) is 29.3 Å². The van der Waals surface area contributed by atoms with E-state index in [1.807, 2.05) is 6.92 Å². The summed E-state index contributed by atoms with van der Waals surface area (Å²) in [6.45, 7) is 4.10. The second-order valence-electron chi connectivity index (χ2n) is 7.00. The summed E-state index contributed by atoms with van der Waals surface area (Å²) in [5.41, 5.74) is 9.58. The molecule has 4 heteroatoms. The van der Waals surface area contributed by atoms with Crippen LogP contribution in [0.4, 0.5) is 5.69 Å². The molecule has 0 aromatic heterocycles. The molecule has 0 spiro atoms. The number of fused-ring (bicyclic) bond motifs is 2. The third-order valence-corrected chi connectivity index (χ3v) is 5.43. The van der Waals surface area contributed by atoms with Crippen LogP contribution in [0.1, 0.15) is 43.2 Å². The summed E-state index contributed by atoms with van der Waals surface area (Å²) >= 11 is 0. The van der Waals surface area contributed by atoms with Gasteiger partial charge in [0.1, 0.15) is 0 Å². The van der Waals surface area contributed by atoms with Gasteiger partial charge in [-0.3, -0.25) is 4.79 Å². The number of hydrogen-bond acceptors (Lipinski definition) is 2. The maximum atomic E-state index is 12.6. The highest BCUT2D eigenvalue weighted by Gasteiger charge is 2.40. The van der Waals surface area contributed by atoms with Crippen LogP contribution in [0.15, 0.2) is 18.2 Å². The Morgan fingerprint density at radius 3 is 2.45 bits per heavy atom. The highest BCUT2D eigenvalue weighted by atomic mass is 35.5. The van der Waals surface area contributed by atoms with E-state index in [-0.39, 0.29) is 24.2 Å². The number of nitrogens with two attached hydrogens (primary N) is 1. The molecule has 1 amide bonds. The molecule has 1 aromatic rings. The lowest BCUT2D eigenvalue weighted by Gasteiger charge is -2.43. The summed E-state index contributed by atoms with van der Waals surface area (Å²) in [4.78, 5) is 12.6. The van der Waals surface area contributed by atoms with E-state index in [0.717, 1.165) is 24.1 Å². The molecule has 122 valence electrons. The Morgan fingerprint density at radius 1 is 1.18 bits per heavy atom. The van der Waals surface area contributed by atoms with Gasteiger partial charge in [-0.25, -0.2) is 0 Å². The summed E-state index contributed by atoms with van der Waals surface area (Å²) in [6.07, 6.45) is 5.62. The fourth-order valence-corrected chi connectivity index (χ4v) is 4.11. The third kappa shape index (κ3) is 3.47. The van der Waals surface area contributed by atoms with Gasteiger partial charge in [0.15, 0.2) is 0 Å². The number of aryl methyl sites for hydroxylation is 2.